The van der Waals surface area contributed by atoms with Crippen molar-refractivity contribution in [1.82, 2.24) is 16.0 Å². The summed E-state index contributed by atoms with van der Waals surface area (Å²) in [7, 11) is 0. The Morgan fingerprint density at radius 1 is 0.886 bits per heavy atom. The van der Waals surface area contributed by atoms with E-state index in [4.69, 9.17) is 11.5 Å². The van der Waals surface area contributed by atoms with Gasteiger partial charge in [0.1, 0.15) is 24.2 Å². The number of aliphatic hydroxyl groups is 1. The molecule has 35 heavy (non-hydrogen) atoms. The molecule has 1 aromatic carbocycles. The lowest BCUT2D eigenvalue weighted by molar-refractivity contribution is -0.142. The van der Waals surface area contributed by atoms with Crippen molar-refractivity contribution < 1.29 is 34.2 Å². The van der Waals surface area contributed by atoms with Crippen LogP contribution in [0.15, 0.2) is 30.3 Å². The molecule has 0 aromatic heterocycles. The first-order valence-electron chi connectivity index (χ1n) is 11.2. The number of nitrogens with two attached hydrogens (primary N) is 2. The molecule has 0 radical (unpaired) electrons. The van der Waals surface area contributed by atoms with E-state index in [0.29, 0.717) is 5.56 Å². The van der Waals surface area contributed by atoms with Crippen LogP contribution in [0.2, 0.25) is 0 Å². The quantitative estimate of drug-likeness (QED) is 0.160. The van der Waals surface area contributed by atoms with Crippen LogP contribution in [0.5, 0.6) is 0 Å². The van der Waals surface area contributed by atoms with E-state index >= 15 is 0 Å². The minimum Gasteiger partial charge on any atom is -0.480 e. The van der Waals surface area contributed by atoms with E-state index in [-0.39, 0.29) is 19.3 Å². The van der Waals surface area contributed by atoms with Gasteiger partial charge in [-0.15, -0.1) is 0 Å². The standard InChI is InChI=1S/C23H35N5O7/c1-12(2)19(28-21(32)18(25)13(3)29)22(33)26-15(9-10-17(24)30)20(31)27-16(23(34)35)11-14-7-5-4-6-8-14/h4-8,12-13,15-16,18-19,29H,9-11,25H2,1-3H3,(H2,24,30)(H,26,33)(H,27,31)(H,28,32)(H,34,35). The van der Waals surface area contributed by atoms with Crippen molar-refractivity contribution in [2.24, 2.45) is 17.4 Å². The molecule has 0 spiro atoms. The number of aliphatic carboxylic acids is 1. The maximum absolute atomic E-state index is 12.9. The summed E-state index contributed by atoms with van der Waals surface area (Å²) in [6, 6.07) is 3.68. The molecule has 0 aliphatic carbocycles. The molecule has 0 aliphatic rings. The first-order valence-corrected chi connectivity index (χ1v) is 11.2. The lowest BCUT2D eigenvalue weighted by Gasteiger charge is -2.27. The molecule has 0 saturated carbocycles. The highest BCUT2D eigenvalue weighted by Crippen LogP contribution is 2.08. The van der Waals surface area contributed by atoms with Gasteiger partial charge in [-0.1, -0.05) is 44.2 Å². The summed E-state index contributed by atoms with van der Waals surface area (Å²) in [5.41, 5.74) is 11.5. The van der Waals surface area contributed by atoms with Crippen molar-refractivity contribution in [3.63, 3.8) is 0 Å². The van der Waals surface area contributed by atoms with Gasteiger partial charge in [0.2, 0.25) is 23.6 Å². The van der Waals surface area contributed by atoms with Crippen molar-refractivity contribution in [1.29, 1.82) is 0 Å². The van der Waals surface area contributed by atoms with Crippen molar-refractivity contribution in [3.8, 4) is 0 Å². The first kappa shape index (κ1) is 29.5. The van der Waals surface area contributed by atoms with Gasteiger partial charge in [-0.25, -0.2) is 4.79 Å². The predicted molar refractivity (Wildman–Crippen MR) is 126 cm³/mol. The highest BCUT2D eigenvalue weighted by molar-refractivity contribution is 5.94. The molecule has 5 unspecified atom stereocenters. The largest absolute Gasteiger partial charge is 0.480 e. The predicted octanol–water partition coefficient (Wildman–Crippen LogP) is -1.60. The minimum atomic E-state index is -1.30. The zero-order valence-corrected chi connectivity index (χ0v) is 20.1. The van der Waals surface area contributed by atoms with E-state index in [0.717, 1.165) is 0 Å². The summed E-state index contributed by atoms with van der Waals surface area (Å²) in [6.07, 6.45) is -1.59. The molecule has 0 heterocycles. The summed E-state index contributed by atoms with van der Waals surface area (Å²) in [4.78, 5) is 61.1. The van der Waals surface area contributed by atoms with Crippen LogP contribution in [0.25, 0.3) is 0 Å². The molecule has 0 fully saturated rings. The molecule has 12 heteroatoms. The molecule has 194 valence electrons. The Labute approximate surface area is 203 Å². The van der Waals surface area contributed by atoms with E-state index < -0.39 is 65.8 Å². The molecule has 0 saturated heterocycles. The number of benzene rings is 1. The third-order valence-electron chi connectivity index (χ3n) is 5.28. The van der Waals surface area contributed by atoms with Crippen molar-refractivity contribution in [2.75, 3.05) is 0 Å². The maximum atomic E-state index is 12.9. The third-order valence-corrected chi connectivity index (χ3v) is 5.28. The Hall–Kier alpha value is -3.51. The van der Waals surface area contributed by atoms with Crippen LogP contribution in [0.4, 0.5) is 0 Å². The normalized spacial score (nSPS) is 15.3. The average Bonchev–Trinajstić information content (AvgIpc) is 2.78. The highest BCUT2D eigenvalue weighted by Gasteiger charge is 2.32. The number of hydrogen-bond acceptors (Lipinski definition) is 7. The summed E-state index contributed by atoms with van der Waals surface area (Å²) < 4.78 is 0. The number of hydrogen-bond donors (Lipinski definition) is 7. The Morgan fingerprint density at radius 3 is 1.94 bits per heavy atom. The third kappa shape index (κ3) is 10.1. The van der Waals surface area contributed by atoms with Gasteiger partial charge in [0, 0.05) is 12.8 Å². The molecule has 4 amide bonds. The maximum Gasteiger partial charge on any atom is 0.326 e. The number of primary amides is 1. The Bertz CT molecular complexity index is 892. The van der Waals surface area contributed by atoms with Crippen LogP contribution < -0.4 is 27.4 Å². The minimum absolute atomic E-state index is 0.000306. The molecule has 12 nitrogen and oxygen atoms in total. The van der Waals surface area contributed by atoms with Crippen molar-refractivity contribution in [2.45, 2.75) is 70.3 Å². The zero-order valence-electron chi connectivity index (χ0n) is 20.1. The van der Waals surface area contributed by atoms with Gasteiger partial charge in [-0.3, -0.25) is 19.2 Å². The second kappa shape index (κ2) is 14.0. The fourth-order valence-corrected chi connectivity index (χ4v) is 3.14. The number of carboxylic acids is 1. The van der Waals surface area contributed by atoms with Gasteiger partial charge in [0.15, 0.2) is 0 Å². The number of rotatable bonds is 14. The average molecular weight is 494 g/mol. The molecular weight excluding hydrogens is 458 g/mol. The Morgan fingerprint density at radius 2 is 1.46 bits per heavy atom. The van der Waals surface area contributed by atoms with Gasteiger partial charge >= 0.3 is 5.97 Å². The topological polar surface area (TPSA) is 214 Å². The number of carbonyl (C=O) groups is 5. The Balaban J connectivity index is 3.02. The molecular formula is C23H35N5O7. The number of aliphatic hydroxyl groups excluding tert-OH is 1. The lowest BCUT2D eigenvalue weighted by Crippen LogP contribution is -2.59. The molecule has 9 N–H and O–H groups in total. The highest BCUT2D eigenvalue weighted by atomic mass is 16.4. The second-order valence-electron chi connectivity index (χ2n) is 8.65. The van der Waals surface area contributed by atoms with Crippen LogP contribution in [-0.4, -0.2) is 70.1 Å². The fourth-order valence-electron chi connectivity index (χ4n) is 3.14. The van der Waals surface area contributed by atoms with E-state index in [1.165, 1.54) is 6.92 Å². The van der Waals surface area contributed by atoms with E-state index in [1.807, 2.05) is 0 Å². The van der Waals surface area contributed by atoms with Gasteiger partial charge < -0.3 is 37.6 Å². The van der Waals surface area contributed by atoms with Crippen LogP contribution in [0, 0.1) is 5.92 Å². The number of nitrogens with one attached hydrogen (secondary N) is 3. The monoisotopic (exact) mass is 493 g/mol. The molecule has 0 aliphatic heterocycles. The zero-order chi connectivity index (χ0) is 26.7. The smallest absolute Gasteiger partial charge is 0.326 e. The summed E-state index contributed by atoms with van der Waals surface area (Å²) in [6.45, 7) is 4.63. The van der Waals surface area contributed by atoms with Crippen molar-refractivity contribution >= 4 is 29.6 Å². The molecule has 1 rings (SSSR count). The lowest BCUT2D eigenvalue weighted by atomic mass is 10.0. The van der Waals surface area contributed by atoms with E-state index in [2.05, 4.69) is 16.0 Å². The Kier molecular flexibility index (Phi) is 11.8. The SMILES string of the molecule is CC(C)C(NC(=O)C(N)C(C)O)C(=O)NC(CCC(N)=O)C(=O)NC(Cc1ccccc1)C(=O)O. The summed E-state index contributed by atoms with van der Waals surface area (Å²) in [5, 5.41) is 26.4. The fraction of sp³-hybridized carbons (Fsp3) is 0.522. The van der Waals surface area contributed by atoms with E-state index in [9.17, 15) is 34.2 Å². The van der Waals surface area contributed by atoms with Crippen molar-refractivity contribution in [3.05, 3.63) is 35.9 Å². The number of amides is 4. The summed E-state index contributed by atoms with van der Waals surface area (Å²) >= 11 is 0. The van der Waals surface area contributed by atoms with Crippen LogP contribution in [-0.2, 0) is 30.4 Å². The van der Waals surface area contributed by atoms with Gasteiger partial charge in [0.25, 0.3) is 0 Å². The second-order valence-corrected chi connectivity index (χ2v) is 8.65. The van der Waals surface area contributed by atoms with Gasteiger partial charge in [-0.2, -0.15) is 0 Å². The van der Waals surface area contributed by atoms with Gasteiger partial charge in [0.05, 0.1) is 6.10 Å². The first-order chi connectivity index (χ1) is 16.3. The molecule has 1 aromatic rings. The van der Waals surface area contributed by atoms with Crippen LogP contribution >= 0.6 is 0 Å². The summed E-state index contributed by atoms with van der Waals surface area (Å²) in [5.74, 6) is -4.75. The molecule has 0 bridgehead atoms. The van der Waals surface area contributed by atoms with Gasteiger partial charge in [-0.05, 0) is 24.8 Å². The van der Waals surface area contributed by atoms with Crippen LogP contribution in [0.3, 0.4) is 0 Å². The van der Waals surface area contributed by atoms with Crippen LogP contribution in [0.1, 0.15) is 39.2 Å². The molecule has 5 atom stereocenters. The number of carbonyl (C=O) groups excluding carboxylic acids is 4. The van der Waals surface area contributed by atoms with E-state index in [1.54, 1.807) is 44.2 Å². The number of carboxylic acid groups (broad SMARTS) is 1.